The topological polar surface area (TPSA) is 121 Å². The lowest BCUT2D eigenvalue weighted by atomic mass is 10.4. The molecule has 1 rings (SSSR count). The van der Waals surface area contributed by atoms with Crippen LogP contribution in [0.5, 0.6) is 0 Å². The number of H-pyrrole nitrogens is 1. The SMILES string of the molecule is Nc1[nH]ncc1S(=O)(=O)NCC(O)C(F)(F)F. The van der Waals surface area contributed by atoms with Gasteiger partial charge in [0.25, 0.3) is 0 Å². The Balaban J connectivity index is 2.74. The summed E-state index contributed by atoms with van der Waals surface area (Å²) in [5.41, 5.74) is 5.20. The van der Waals surface area contributed by atoms with Crippen molar-refractivity contribution in [2.75, 3.05) is 12.3 Å². The highest BCUT2D eigenvalue weighted by Gasteiger charge is 2.38. The zero-order valence-corrected chi connectivity index (χ0v) is 9.01. The van der Waals surface area contributed by atoms with Crippen LogP contribution in [-0.2, 0) is 10.0 Å². The minimum Gasteiger partial charge on any atom is -0.383 e. The van der Waals surface area contributed by atoms with Gasteiger partial charge in [0.1, 0.15) is 10.7 Å². The molecule has 0 aromatic carbocycles. The van der Waals surface area contributed by atoms with Gasteiger partial charge in [-0.3, -0.25) is 5.10 Å². The predicted octanol–water partition coefficient (Wildman–Crippen LogP) is -0.807. The van der Waals surface area contributed by atoms with E-state index in [1.54, 1.807) is 4.72 Å². The van der Waals surface area contributed by atoms with Crippen LogP contribution < -0.4 is 10.5 Å². The average Bonchev–Trinajstić information content (AvgIpc) is 2.60. The number of halogens is 3. The van der Waals surface area contributed by atoms with E-state index < -0.39 is 33.7 Å². The van der Waals surface area contributed by atoms with E-state index >= 15 is 0 Å². The van der Waals surface area contributed by atoms with Gasteiger partial charge in [-0.05, 0) is 0 Å². The van der Waals surface area contributed by atoms with E-state index in [0.29, 0.717) is 0 Å². The van der Waals surface area contributed by atoms with E-state index in [2.05, 4.69) is 10.2 Å². The normalized spacial score (nSPS) is 14.8. The summed E-state index contributed by atoms with van der Waals surface area (Å²) in [5, 5.41) is 14.0. The maximum Gasteiger partial charge on any atom is 0.415 e. The van der Waals surface area contributed by atoms with Crippen molar-refractivity contribution in [2.24, 2.45) is 0 Å². The van der Waals surface area contributed by atoms with Gasteiger partial charge in [-0.1, -0.05) is 0 Å². The number of anilines is 1. The second-order valence-electron chi connectivity index (χ2n) is 3.06. The van der Waals surface area contributed by atoms with Gasteiger partial charge in [0.2, 0.25) is 10.0 Å². The standard InChI is InChI=1S/C6H9F3N4O3S/c7-6(8,9)4(14)2-12-17(15,16)3-1-11-13-5(3)10/h1,4,12,14H,2H2,(H3,10,11,13). The van der Waals surface area contributed by atoms with Gasteiger partial charge in [0.15, 0.2) is 6.10 Å². The largest absolute Gasteiger partial charge is 0.415 e. The second kappa shape index (κ2) is 4.50. The zero-order valence-electron chi connectivity index (χ0n) is 8.19. The number of aliphatic hydroxyl groups excluding tert-OH is 1. The Labute approximate surface area is 93.9 Å². The number of aromatic amines is 1. The lowest BCUT2D eigenvalue weighted by Crippen LogP contribution is -2.40. The molecule has 1 aromatic rings. The van der Waals surface area contributed by atoms with Crippen LogP contribution in [0.2, 0.25) is 0 Å². The Hall–Kier alpha value is -1.33. The van der Waals surface area contributed by atoms with Crippen molar-refractivity contribution in [3.63, 3.8) is 0 Å². The summed E-state index contributed by atoms with van der Waals surface area (Å²) in [4.78, 5) is -0.480. The number of nitrogens with one attached hydrogen (secondary N) is 2. The number of aromatic nitrogens is 2. The average molecular weight is 274 g/mol. The van der Waals surface area contributed by atoms with E-state index in [1.807, 2.05) is 0 Å². The smallest absolute Gasteiger partial charge is 0.383 e. The second-order valence-corrected chi connectivity index (χ2v) is 4.79. The molecule has 0 bridgehead atoms. The van der Waals surface area contributed by atoms with Crippen molar-refractivity contribution in [1.29, 1.82) is 0 Å². The van der Waals surface area contributed by atoms with Gasteiger partial charge in [-0.15, -0.1) is 0 Å². The van der Waals surface area contributed by atoms with E-state index in [-0.39, 0.29) is 5.82 Å². The first-order chi connectivity index (χ1) is 7.64. The number of alkyl halides is 3. The van der Waals surface area contributed by atoms with E-state index in [4.69, 9.17) is 10.8 Å². The Morgan fingerprint density at radius 3 is 2.59 bits per heavy atom. The predicted molar refractivity (Wildman–Crippen MR) is 50.3 cm³/mol. The lowest BCUT2D eigenvalue weighted by molar-refractivity contribution is -0.200. The van der Waals surface area contributed by atoms with E-state index in [0.717, 1.165) is 6.20 Å². The first-order valence-corrected chi connectivity index (χ1v) is 5.66. The summed E-state index contributed by atoms with van der Waals surface area (Å²) < 4.78 is 60.2. The van der Waals surface area contributed by atoms with Gasteiger partial charge >= 0.3 is 6.18 Å². The highest BCUT2D eigenvalue weighted by molar-refractivity contribution is 7.89. The maximum atomic E-state index is 11.9. The molecular weight excluding hydrogens is 265 g/mol. The maximum absolute atomic E-state index is 11.9. The number of hydrogen-bond acceptors (Lipinski definition) is 5. The third-order valence-corrected chi connectivity index (χ3v) is 3.22. The molecule has 0 aliphatic carbocycles. The summed E-state index contributed by atoms with van der Waals surface area (Å²) in [6.07, 6.45) is -6.84. The Morgan fingerprint density at radius 1 is 1.59 bits per heavy atom. The molecule has 1 unspecified atom stereocenters. The molecule has 11 heteroatoms. The molecule has 17 heavy (non-hydrogen) atoms. The minimum absolute atomic E-state index is 0.306. The van der Waals surface area contributed by atoms with Gasteiger partial charge < -0.3 is 10.8 Å². The number of rotatable bonds is 4. The quantitative estimate of drug-likeness (QED) is 0.572. The first-order valence-electron chi connectivity index (χ1n) is 4.18. The number of nitrogens with zero attached hydrogens (tertiary/aromatic N) is 1. The molecule has 1 atom stereocenters. The molecule has 0 amide bonds. The van der Waals surface area contributed by atoms with Crippen molar-refractivity contribution in [2.45, 2.75) is 17.2 Å². The fourth-order valence-electron chi connectivity index (χ4n) is 0.881. The molecule has 0 aliphatic rings. The molecule has 0 saturated carbocycles. The molecule has 0 saturated heterocycles. The minimum atomic E-state index is -4.90. The van der Waals surface area contributed by atoms with Crippen LogP contribution in [0.1, 0.15) is 0 Å². The van der Waals surface area contributed by atoms with Gasteiger partial charge in [0, 0.05) is 6.54 Å². The summed E-state index contributed by atoms with van der Waals surface area (Å²) in [5.74, 6) is -0.306. The molecular formula is C6H9F3N4O3S. The third kappa shape index (κ3) is 3.31. The molecule has 0 spiro atoms. The first kappa shape index (κ1) is 13.7. The molecule has 5 N–H and O–H groups in total. The summed E-state index contributed by atoms with van der Waals surface area (Å²) in [6, 6.07) is 0. The van der Waals surface area contributed by atoms with Crippen LogP contribution in [0.25, 0.3) is 0 Å². The Kier molecular flexibility index (Phi) is 3.64. The summed E-state index contributed by atoms with van der Waals surface area (Å²) >= 11 is 0. The van der Waals surface area contributed by atoms with E-state index in [9.17, 15) is 21.6 Å². The summed E-state index contributed by atoms with van der Waals surface area (Å²) in [6.45, 7) is -1.20. The Bertz CT molecular complexity index is 483. The molecule has 7 nitrogen and oxygen atoms in total. The van der Waals surface area contributed by atoms with Crippen LogP contribution in [0.15, 0.2) is 11.1 Å². The molecule has 0 radical (unpaired) electrons. The van der Waals surface area contributed by atoms with Crippen LogP contribution in [0.3, 0.4) is 0 Å². The van der Waals surface area contributed by atoms with Gasteiger partial charge in [0.05, 0.1) is 6.20 Å². The number of hydrogen-bond donors (Lipinski definition) is 4. The monoisotopic (exact) mass is 274 g/mol. The van der Waals surface area contributed by atoms with Crippen LogP contribution in [0.4, 0.5) is 19.0 Å². The van der Waals surface area contributed by atoms with Crippen molar-refractivity contribution in [3.05, 3.63) is 6.20 Å². The number of aliphatic hydroxyl groups is 1. The third-order valence-electron chi connectivity index (χ3n) is 1.77. The van der Waals surface area contributed by atoms with Crippen LogP contribution >= 0.6 is 0 Å². The molecule has 1 aromatic heterocycles. The zero-order chi connectivity index (χ0) is 13.3. The van der Waals surface area contributed by atoms with Gasteiger partial charge in [-0.25, -0.2) is 13.1 Å². The van der Waals surface area contributed by atoms with Crippen molar-refractivity contribution >= 4 is 15.8 Å². The molecule has 0 fully saturated rings. The van der Waals surface area contributed by atoms with Crippen LogP contribution in [-0.4, -0.2) is 42.5 Å². The fraction of sp³-hybridized carbons (Fsp3) is 0.500. The highest BCUT2D eigenvalue weighted by Crippen LogP contribution is 2.20. The fourth-order valence-corrected chi connectivity index (χ4v) is 1.94. The lowest BCUT2D eigenvalue weighted by Gasteiger charge is -2.14. The number of nitrogens with two attached hydrogens (primary N) is 1. The van der Waals surface area contributed by atoms with Crippen molar-refractivity contribution in [3.8, 4) is 0 Å². The number of nitrogen functional groups attached to an aromatic ring is 1. The number of sulfonamides is 1. The molecule has 1 heterocycles. The van der Waals surface area contributed by atoms with Crippen molar-refractivity contribution in [1.82, 2.24) is 14.9 Å². The van der Waals surface area contributed by atoms with E-state index in [1.165, 1.54) is 0 Å². The van der Waals surface area contributed by atoms with Crippen LogP contribution in [0, 0.1) is 0 Å². The molecule has 0 aliphatic heterocycles. The van der Waals surface area contributed by atoms with Crippen molar-refractivity contribution < 1.29 is 26.7 Å². The summed E-state index contributed by atoms with van der Waals surface area (Å²) in [7, 11) is -4.23. The molecule has 98 valence electrons. The van der Waals surface area contributed by atoms with Gasteiger partial charge in [-0.2, -0.15) is 18.3 Å². The Morgan fingerprint density at radius 2 is 2.18 bits per heavy atom. The highest BCUT2D eigenvalue weighted by atomic mass is 32.2.